The van der Waals surface area contributed by atoms with Gasteiger partial charge in [0.15, 0.2) is 6.29 Å². The molecule has 0 aromatic carbocycles. The predicted octanol–water partition coefficient (Wildman–Crippen LogP) is 1.34. The van der Waals surface area contributed by atoms with E-state index < -0.39 is 0 Å². The minimum absolute atomic E-state index is 0.629. The molecule has 2 aromatic rings. The first-order chi connectivity index (χ1) is 7.35. The van der Waals surface area contributed by atoms with E-state index in [1.165, 1.54) is 0 Å². The van der Waals surface area contributed by atoms with Crippen molar-refractivity contribution in [3.63, 3.8) is 0 Å². The van der Waals surface area contributed by atoms with E-state index in [2.05, 4.69) is 4.98 Å². The lowest BCUT2D eigenvalue weighted by molar-refractivity contribution is 0.112. The SMILES string of the molecule is COCCc1ncc2ccc(C=O)cn12. The zero-order chi connectivity index (χ0) is 10.7. The number of hydrogen-bond donors (Lipinski definition) is 0. The lowest BCUT2D eigenvalue weighted by Crippen LogP contribution is -2.01. The zero-order valence-corrected chi connectivity index (χ0v) is 8.51. The summed E-state index contributed by atoms with van der Waals surface area (Å²) in [6, 6.07) is 3.66. The Kier molecular flexibility index (Phi) is 2.78. The van der Waals surface area contributed by atoms with Gasteiger partial charge in [0.1, 0.15) is 5.82 Å². The van der Waals surface area contributed by atoms with Gasteiger partial charge in [-0.2, -0.15) is 0 Å². The quantitative estimate of drug-likeness (QED) is 0.706. The smallest absolute Gasteiger partial charge is 0.151 e. The molecule has 0 N–H and O–H groups in total. The summed E-state index contributed by atoms with van der Waals surface area (Å²) in [7, 11) is 1.66. The van der Waals surface area contributed by atoms with Gasteiger partial charge in [-0.3, -0.25) is 4.79 Å². The topological polar surface area (TPSA) is 43.6 Å². The van der Waals surface area contributed by atoms with Gasteiger partial charge in [0, 0.05) is 25.3 Å². The molecule has 0 fully saturated rings. The number of pyridine rings is 1. The summed E-state index contributed by atoms with van der Waals surface area (Å²) in [6.45, 7) is 0.629. The van der Waals surface area contributed by atoms with Gasteiger partial charge >= 0.3 is 0 Å². The number of carbonyl (C=O) groups excluding carboxylic acids is 1. The van der Waals surface area contributed by atoms with Gasteiger partial charge in [-0.1, -0.05) is 0 Å². The van der Waals surface area contributed by atoms with Gasteiger partial charge in [-0.25, -0.2) is 4.98 Å². The van der Waals surface area contributed by atoms with Crippen LogP contribution in [0.25, 0.3) is 5.52 Å². The Bertz CT molecular complexity index is 476. The molecular weight excluding hydrogens is 192 g/mol. The maximum absolute atomic E-state index is 10.6. The number of rotatable bonds is 4. The molecule has 2 rings (SSSR count). The van der Waals surface area contributed by atoms with Crippen LogP contribution in [0.3, 0.4) is 0 Å². The molecule has 2 aromatic heterocycles. The molecular formula is C11H12N2O2. The van der Waals surface area contributed by atoms with Crippen LogP contribution in [0.15, 0.2) is 24.5 Å². The van der Waals surface area contributed by atoms with Gasteiger partial charge in [0.05, 0.1) is 18.3 Å². The van der Waals surface area contributed by atoms with Crippen molar-refractivity contribution in [2.24, 2.45) is 0 Å². The fraction of sp³-hybridized carbons (Fsp3) is 0.273. The number of imidazole rings is 1. The van der Waals surface area contributed by atoms with Gasteiger partial charge in [-0.05, 0) is 12.1 Å². The predicted molar refractivity (Wildman–Crippen MR) is 56.2 cm³/mol. The van der Waals surface area contributed by atoms with Crippen molar-refractivity contribution in [2.45, 2.75) is 6.42 Å². The number of ether oxygens (including phenoxy) is 1. The van der Waals surface area contributed by atoms with Crippen LogP contribution >= 0.6 is 0 Å². The summed E-state index contributed by atoms with van der Waals surface area (Å²) < 4.78 is 6.92. The van der Waals surface area contributed by atoms with E-state index >= 15 is 0 Å². The monoisotopic (exact) mass is 204 g/mol. The molecule has 78 valence electrons. The molecule has 0 aliphatic carbocycles. The van der Waals surface area contributed by atoms with Gasteiger partial charge in [-0.15, -0.1) is 0 Å². The lowest BCUT2D eigenvalue weighted by atomic mass is 10.3. The van der Waals surface area contributed by atoms with E-state index in [1.807, 2.05) is 10.5 Å². The van der Waals surface area contributed by atoms with Crippen molar-refractivity contribution in [1.82, 2.24) is 9.38 Å². The Balaban J connectivity index is 2.42. The Morgan fingerprint density at radius 2 is 2.40 bits per heavy atom. The molecule has 0 amide bonds. The molecule has 0 unspecified atom stereocenters. The van der Waals surface area contributed by atoms with Crippen LogP contribution in [-0.2, 0) is 11.2 Å². The molecule has 0 saturated carbocycles. The highest BCUT2D eigenvalue weighted by molar-refractivity contribution is 5.75. The summed E-state index contributed by atoms with van der Waals surface area (Å²) in [4.78, 5) is 14.9. The number of aromatic nitrogens is 2. The first-order valence-corrected chi connectivity index (χ1v) is 4.75. The third-order valence-corrected chi connectivity index (χ3v) is 2.29. The largest absolute Gasteiger partial charge is 0.384 e. The Hall–Kier alpha value is -1.68. The normalized spacial score (nSPS) is 10.7. The first-order valence-electron chi connectivity index (χ1n) is 4.75. The molecule has 0 spiro atoms. The van der Waals surface area contributed by atoms with Crippen molar-refractivity contribution in [3.05, 3.63) is 35.9 Å². The summed E-state index contributed by atoms with van der Waals surface area (Å²) in [5.74, 6) is 0.913. The molecule has 4 nitrogen and oxygen atoms in total. The van der Waals surface area contributed by atoms with E-state index in [-0.39, 0.29) is 0 Å². The molecule has 15 heavy (non-hydrogen) atoms. The fourth-order valence-electron chi connectivity index (χ4n) is 1.51. The maximum atomic E-state index is 10.6. The number of hydrogen-bond acceptors (Lipinski definition) is 3. The average Bonchev–Trinajstić information content (AvgIpc) is 2.68. The Morgan fingerprint density at radius 1 is 1.53 bits per heavy atom. The third kappa shape index (κ3) is 1.89. The second kappa shape index (κ2) is 4.23. The van der Waals surface area contributed by atoms with Crippen LogP contribution in [0.4, 0.5) is 0 Å². The van der Waals surface area contributed by atoms with Gasteiger partial charge in [0.25, 0.3) is 0 Å². The number of carbonyl (C=O) groups is 1. The number of aldehydes is 1. The summed E-state index contributed by atoms with van der Waals surface area (Å²) >= 11 is 0. The van der Waals surface area contributed by atoms with Crippen molar-refractivity contribution in [2.75, 3.05) is 13.7 Å². The molecule has 0 saturated heterocycles. The number of fused-ring (bicyclic) bond motifs is 1. The Labute approximate surface area is 87.5 Å². The highest BCUT2D eigenvalue weighted by Gasteiger charge is 2.03. The van der Waals surface area contributed by atoms with Crippen molar-refractivity contribution in [1.29, 1.82) is 0 Å². The number of nitrogens with zero attached hydrogens (tertiary/aromatic N) is 2. The minimum atomic E-state index is 0.629. The van der Waals surface area contributed by atoms with Crippen molar-refractivity contribution in [3.8, 4) is 0 Å². The molecule has 0 aliphatic rings. The molecule has 0 atom stereocenters. The van der Waals surface area contributed by atoms with Crippen LogP contribution in [0.2, 0.25) is 0 Å². The van der Waals surface area contributed by atoms with Crippen molar-refractivity contribution >= 4 is 11.8 Å². The molecule has 0 bridgehead atoms. The first kappa shape index (κ1) is 9.86. The van der Waals surface area contributed by atoms with Crippen LogP contribution in [0.1, 0.15) is 16.2 Å². The molecule has 0 aliphatic heterocycles. The fourth-order valence-corrected chi connectivity index (χ4v) is 1.51. The van der Waals surface area contributed by atoms with E-state index in [0.29, 0.717) is 12.2 Å². The third-order valence-electron chi connectivity index (χ3n) is 2.29. The highest BCUT2D eigenvalue weighted by atomic mass is 16.5. The van der Waals surface area contributed by atoms with Crippen LogP contribution in [-0.4, -0.2) is 29.4 Å². The van der Waals surface area contributed by atoms with E-state index in [1.54, 1.807) is 25.6 Å². The van der Waals surface area contributed by atoms with E-state index in [0.717, 1.165) is 24.0 Å². The van der Waals surface area contributed by atoms with E-state index in [4.69, 9.17) is 4.74 Å². The molecule has 0 radical (unpaired) electrons. The second-order valence-corrected chi connectivity index (χ2v) is 3.29. The zero-order valence-electron chi connectivity index (χ0n) is 8.51. The van der Waals surface area contributed by atoms with Crippen LogP contribution in [0.5, 0.6) is 0 Å². The summed E-state index contributed by atoms with van der Waals surface area (Å²) in [5, 5.41) is 0. The van der Waals surface area contributed by atoms with Crippen LogP contribution in [0, 0.1) is 0 Å². The summed E-state index contributed by atoms with van der Waals surface area (Å²) in [6.07, 6.45) is 5.16. The minimum Gasteiger partial charge on any atom is -0.384 e. The van der Waals surface area contributed by atoms with E-state index in [9.17, 15) is 4.79 Å². The van der Waals surface area contributed by atoms with Crippen molar-refractivity contribution < 1.29 is 9.53 Å². The highest BCUT2D eigenvalue weighted by Crippen LogP contribution is 2.09. The molecule has 4 heteroatoms. The average molecular weight is 204 g/mol. The molecule has 2 heterocycles. The Morgan fingerprint density at radius 3 is 3.13 bits per heavy atom. The lowest BCUT2D eigenvalue weighted by Gasteiger charge is -2.01. The standard InChI is InChI=1S/C11H12N2O2/c1-15-5-4-11-12-6-10-3-2-9(8-14)7-13(10)11/h2-3,6-8H,4-5H2,1H3. The van der Waals surface area contributed by atoms with Gasteiger partial charge in [0.2, 0.25) is 0 Å². The maximum Gasteiger partial charge on any atom is 0.151 e. The summed E-state index contributed by atoms with van der Waals surface area (Å²) in [5.41, 5.74) is 1.64. The van der Waals surface area contributed by atoms with Crippen LogP contribution < -0.4 is 0 Å². The van der Waals surface area contributed by atoms with Gasteiger partial charge < -0.3 is 9.14 Å². The number of methoxy groups -OCH3 is 1. The second-order valence-electron chi connectivity index (χ2n) is 3.29.